The number of aromatic nitrogens is 1. The number of alkyl halides is 3. The number of hydrogen-bond donors (Lipinski definition) is 0. The van der Waals surface area contributed by atoms with Crippen molar-refractivity contribution >= 4 is 23.6 Å². The molecule has 0 aliphatic carbocycles. The fourth-order valence-corrected chi connectivity index (χ4v) is 5.63. The molecule has 2 amide bonds. The predicted octanol–water partition coefficient (Wildman–Crippen LogP) is 6.27. The van der Waals surface area contributed by atoms with Crippen LogP contribution in [0.5, 0.6) is 0 Å². The molecule has 50 heavy (non-hydrogen) atoms. The van der Waals surface area contributed by atoms with E-state index >= 15 is 0 Å². The van der Waals surface area contributed by atoms with Gasteiger partial charge in [-0.2, -0.15) is 13.2 Å². The first-order chi connectivity index (χ1) is 24.2. The molecule has 8 nitrogen and oxygen atoms in total. The standard InChI is InChI=1S/C39H41F3N4O4/c1-44(20-23-50-29-33-8-5-19-43-27-33)38(48)36(26-31-6-3-2-4-7-31)46(28-32-11-16-35(17-12-32)45-21-24-49-25-22-45)37(47)18-13-30-9-14-34(15-10-30)39(40,41)42/h2-19,27,36H,20-26,28-29H2,1H3/b18-13+/t36-/m0/s1. The van der Waals surface area contributed by atoms with Crippen molar-refractivity contribution in [2.75, 3.05) is 51.4 Å². The molecule has 1 atom stereocenters. The third-order valence-corrected chi connectivity index (χ3v) is 8.48. The van der Waals surface area contributed by atoms with E-state index in [-0.39, 0.29) is 25.5 Å². The number of nitrogens with zero attached hydrogens (tertiary/aromatic N) is 4. The van der Waals surface area contributed by atoms with Crippen LogP contribution in [0, 0.1) is 0 Å². The Labute approximate surface area is 290 Å². The van der Waals surface area contributed by atoms with Crippen molar-refractivity contribution in [3.8, 4) is 0 Å². The molecule has 5 rings (SSSR count). The van der Waals surface area contributed by atoms with Crippen molar-refractivity contribution in [1.29, 1.82) is 0 Å². The Hall–Kier alpha value is -5.00. The van der Waals surface area contributed by atoms with E-state index < -0.39 is 23.7 Å². The molecular weight excluding hydrogens is 645 g/mol. The Morgan fingerprint density at radius 2 is 1.62 bits per heavy atom. The lowest BCUT2D eigenvalue weighted by atomic mass is 10.0. The normalized spacial score (nSPS) is 14.0. The first-order valence-corrected chi connectivity index (χ1v) is 16.5. The molecule has 1 fully saturated rings. The van der Waals surface area contributed by atoms with Crippen molar-refractivity contribution in [2.24, 2.45) is 0 Å². The van der Waals surface area contributed by atoms with Crippen LogP contribution in [0.15, 0.2) is 109 Å². The van der Waals surface area contributed by atoms with E-state index in [9.17, 15) is 22.8 Å². The van der Waals surface area contributed by atoms with Gasteiger partial charge in [0.15, 0.2) is 0 Å². The fraction of sp³-hybridized carbons (Fsp3) is 0.308. The van der Waals surface area contributed by atoms with Crippen LogP contribution in [-0.2, 0) is 44.8 Å². The molecule has 0 unspecified atom stereocenters. The highest BCUT2D eigenvalue weighted by atomic mass is 19.4. The van der Waals surface area contributed by atoms with Crippen LogP contribution in [0.2, 0.25) is 0 Å². The van der Waals surface area contributed by atoms with Gasteiger partial charge >= 0.3 is 6.18 Å². The topological polar surface area (TPSA) is 75.2 Å². The first-order valence-electron chi connectivity index (χ1n) is 16.5. The van der Waals surface area contributed by atoms with Gasteiger partial charge in [0, 0.05) is 63.8 Å². The lowest BCUT2D eigenvalue weighted by Gasteiger charge is -2.33. The highest BCUT2D eigenvalue weighted by Crippen LogP contribution is 2.29. The second kappa shape index (κ2) is 17.6. The fourth-order valence-electron chi connectivity index (χ4n) is 5.63. The van der Waals surface area contributed by atoms with Crippen LogP contribution in [0.1, 0.15) is 27.8 Å². The van der Waals surface area contributed by atoms with Gasteiger partial charge in [0.2, 0.25) is 11.8 Å². The van der Waals surface area contributed by atoms with Crippen molar-refractivity contribution in [1.82, 2.24) is 14.8 Å². The van der Waals surface area contributed by atoms with E-state index in [1.54, 1.807) is 24.3 Å². The maximum Gasteiger partial charge on any atom is 0.416 e. The largest absolute Gasteiger partial charge is 0.416 e. The van der Waals surface area contributed by atoms with Gasteiger partial charge in [-0.15, -0.1) is 0 Å². The number of rotatable bonds is 14. The number of likely N-dealkylation sites (N-methyl/N-ethyl adjacent to an activating group) is 1. The van der Waals surface area contributed by atoms with Crippen LogP contribution in [0.4, 0.5) is 18.9 Å². The molecule has 2 heterocycles. The van der Waals surface area contributed by atoms with Gasteiger partial charge in [-0.05, 0) is 58.7 Å². The van der Waals surface area contributed by atoms with E-state index in [0.717, 1.165) is 47.6 Å². The number of carbonyl (C=O) groups is 2. The van der Waals surface area contributed by atoms with E-state index in [0.29, 0.717) is 31.9 Å². The minimum absolute atomic E-state index is 0.133. The second-order valence-corrected chi connectivity index (χ2v) is 12.1. The molecule has 11 heteroatoms. The zero-order chi connectivity index (χ0) is 35.3. The lowest BCUT2D eigenvalue weighted by Crippen LogP contribution is -2.51. The Balaban J connectivity index is 1.39. The molecule has 4 aromatic rings. The predicted molar refractivity (Wildman–Crippen MR) is 186 cm³/mol. The van der Waals surface area contributed by atoms with E-state index in [2.05, 4.69) is 9.88 Å². The molecule has 1 saturated heterocycles. The molecule has 1 aromatic heterocycles. The zero-order valence-corrected chi connectivity index (χ0v) is 28.0. The third-order valence-electron chi connectivity index (χ3n) is 8.48. The molecule has 0 saturated carbocycles. The summed E-state index contributed by atoms with van der Waals surface area (Å²) in [4.78, 5) is 37.7. The zero-order valence-electron chi connectivity index (χ0n) is 28.0. The van der Waals surface area contributed by atoms with Gasteiger partial charge in [-0.25, -0.2) is 0 Å². The van der Waals surface area contributed by atoms with Crippen LogP contribution < -0.4 is 4.90 Å². The molecule has 0 N–H and O–H groups in total. The Bertz CT molecular complexity index is 1680. The number of morpholine rings is 1. The van der Waals surface area contributed by atoms with E-state index in [1.807, 2.05) is 66.7 Å². The van der Waals surface area contributed by atoms with Crippen molar-refractivity contribution in [3.05, 3.63) is 137 Å². The molecule has 0 radical (unpaired) electrons. The molecule has 262 valence electrons. The van der Waals surface area contributed by atoms with Gasteiger partial charge < -0.3 is 24.2 Å². The maximum absolute atomic E-state index is 14.2. The van der Waals surface area contributed by atoms with E-state index in [1.165, 1.54) is 29.2 Å². The quantitative estimate of drug-likeness (QED) is 0.115. The molecule has 1 aliphatic rings. The summed E-state index contributed by atoms with van der Waals surface area (Å²) in [5.41, 5.74) is 3.31. The number of benzene rings is 3. The molecular formula is C39H41F3N4O4. The number of hydrogen-bond acceptors (Lipinski definition) is 6. The van der Waals surface area contributed by atoms with Gasteiger partial charge in [-0.3, -0.25) is 14.6 Å². The highest BCUT2D eigenvalue weighted by molar-refractivity contribution is 5.95. The average Bonchev–Trinajstić information content (AvgIpc) is 3.14. The number of ether oxygens (including phenoxy) is 2. The smallest absolute Gasteiger partial charge is 0.378 e. The summed E-state index contributed by atoms with van der Waals surface area (Å²) in [6.45, 7) is 3.93. The number of amides is 2. The van der Waals surface area contributed by atoms with Gasteiger partial charge in [0.1, 0.15) is 6.04 Å². The van der Waals surface area contributed by atoms with Crippen LogP contribution in [-0.4, -0.2) is 79.1 Å². The van der Waals surface area contributed by atoms with Gasteiger partial charge in [0.25, 0.3) is 0 Å². The first kappa shape index (κ1) is 36.3. The van der Waals surface area contributed by atoms with Crippen LogP contribution in [0.25, 0.3) is 6.08 Å². The molecule has 1 aliphatic heterocycles. The Kier molecular flexibility index (Phi) is 12.8. The van der Waals surface area contributed by atoms with Crippen molar-refractivity contribution < 1.29 is 32.2 Å². The highest BCUT2D eigenvalue weighted by Gasteiger charge is 2.32. The lowest BCUT2D eigenvalue weighted by molar-refractivity contribution is -0.143. The summed E-state index contributed by atoms with van der Waals surface area (Å²) in [5, 5.41) is 0. The van der Waals surface area contributed by atoms with Crippen molar-refractivity contribution in [3.63, 3.8) is 0 Å². The summed E-state index contributed by atoms with van der Waals surface area (Å²) < 4.78 is 50.7. The Morgan fingerprint density at radius 1 is 0.920 bits per heavy atom. The molecule has 0 spiro atoms. The number of halogens is 3. The maximum atomic E-state index is 14.2. The van der Waals surface area contributed by atoms with Gasteiger partial charge in [-0.1, -0.05) is 60.7 Å². The minimum Gasteiger partial charge on any atom is -0.378 e. The summed E-state index contributed by atoms with van der Waals surface area (Å²) in [5.74, 6) is -0.710. The number of carbonyl (C=O) groups excluding carboxylic acids is 2. The summed E-state index contributed by atoms with van der Waals surface area (Å²) in [7, 11) is 1.69. The summed E-state index contributed by atoms with van der Waals surface area (Å²) in [6.07, 6.45) is 1.98. The van der Waals surface area contributed by atoms with E-state index in [4.69, 9.17) is 9.47 Å². The van der Waals surface area contributed by atoms with Crippen molar-refractivity contribution in [2.45, 2.75) is 31.8 Å². The van der Waals surface area contributed by atoms with Crippen LogP contribution >= 0.6 is 0 Å². The number of anilines is 1. The SMILES string of the molecule is CN(CCOCc1cccnc1)C(=O)[C@H](Cc1ccccc1)N(Cc1ccc(N2CCOCC2)cc1)C(=O)/C=C/c1ccc(C(F)(F)F)cc1. The van der Waals surface area contributed by atoms with Crippen LogP contribution in [0.3, 0.4) is 0 Å². The summed E-state index contributed by atoms with van der Waals surface area (Å²) >= 11 is 0. The molecule has 0 bridgehead atoms. The monoisotopic (exact) mass is 686 g/mol. The summed E-state index contributed by atoms with van der Waals surface area (Å²) in [6, 6.07) is 24.8. The average molecular weight is 687 g/mol. The molecule has 3 aromatic carbocycles. The Morgan fingerprint density at radius 3 is 2.28 bits per heavy atom. The second-order valence-electron chi connectivity index (χ2n) is 12.1. The number of pyridine rings is 1. The van der Waals surface area contributed by atoms with Gasteiger partial charge in [0.05, 0.1) is 32.0 Å². The third kappa shape index (κ3) is 10.5. The minimum atomic E-state index is -4.47.